The van der Waals surface area contributed by atoms with Crippen molar-refractivity contribution in [1.82, 2.24) is 0 Å². The molecular weight excluding hydrogens is 254 g/mol. The van der Waals surface area contributed by atoms with E-state index in [1.54, 1.807) is 24.3 Å². The van der Waals surface area contributed by atoms with Crippen LogP contribution in [0.5, 0.6) is 0 Å². The van der Waals surface area contributed by atoms with Gasteiger partial charge in [0.25, 0.3) is 0 Å². The molecule has 3 rings (SSSR count). The standard InChI is InChI=1S/C16H19NO3/c1-10-9-16(10,2)20-15(19)12-4-3-5-13(8-12)17-14(18)11-6-7-11/h3-5,8,10-11H,6-7,9H2,1-2H3,(H,17,18)/t10-,16+/m1/s1. The van der Waals surface area contributed by atoms with Crippen molar-refractivity contribution < 1.29 is 14.3 Å². The molecule has 4 heteroatoms. The maximum atomic E-state index is 12.1. The Labute approximate surface area is 118 Å². The van der Waals surface area contributed by atoms with Crippen LogP contribution in [0.1, 0.15) is 43.5 Å². The SMILES string of the molecule is C[C@@H]1C[C@]1(C)OC(=O)c1cccc(NC(=O)C2CC2)c1. The van der Waals surface area contributed by atoms with E-state index in [-0.39, 0.29) is 23.4 Å². The van der Waals surface area contributed by atoms with Gasteiger partial charge in [-0.3, -0.25) is 4.79 Å². The summed E-state index contributed by atoms with van der Waals surface area (Å²) in [5.41, 5.74) is 0.828. The van der Waals surface area contributed by atoms with Gasteiger partial charge in [0.2, 0.25) is 5.91 Å². The van der Waals surface area contributed by atoms with Gasteiger partial charge in [-0.25, -0.2) is 4.79 Å². The number of hydrogen-bond donors (Lipinski definition) is 1. The largest absolute Gasteiger partial charge is 0.455 e. The molecule has 2 saturated carbocycles. The lowest BCUT2D eigenvalue weighted by Gasteiger charge is -2.13. The van der Waals surface area contributed by atoms with Gasteiger partial charge in [0.1, 0.15) is 5.60 Å². The zero-order chi connectivity index (χ0) is 14.3. The summed E-state index contributed by atoms with van der Waals surface area (Å²) >= 11 is 0. The van der Waals surface area contributed by atoms with Crippen molar-refractivity contribution in [2.75, 3.05) is 5.32 Å². The third kappa shape index (κ3) is 2.69. The van der Waals surface area contributed by atoms with E-state index in [2.05, 4.69) is 12.2 Å². The molecule has 0 aromatic heterocycles. The fourth-order valence-corrected chi connectivity index (χ4v) is 2.28. The summed E-state index contributed by atoms with van der Waals surface area (Å²) in [5.74, 6) is 0.290. The number of rotatable bonds is 4. The number of nitrogens with one attached hydrogen (secondary N) is 1. The summed E-state index contributed by atoms with van der Waals surface area (Å²) in [7, 11) is 0. The maximum Gasteiger partial charge on any atom is 0.338 e. The third-order valence-electron chi connectivity index (χ3n) is 4.23. The molecule has 0 unspecified atom stereocenters. The van der Waals surface area contributed by atoms with Crippen LogP contribution >= 0.6 is 0 Å². The lowest BCUT2D eigenvalue weighted by Crippen LogP contribution is -2.18. The van der Waals surface area contributed by atoms with Gasteiger partial charge >= 0.3 is 5.97 Å². The van der Waals surface area contributed by atoms with E-state index in [4.69, 9.17) is 4.74 Å². The predicted molar refractivity (Wildman–Crippen MR) is 75.4 cm³/mol. The lowest BCUT2D eigenvalue weighted by molar-refractivity contribution is -0.117. The van der Waals surface area contributed by atoms with Crippen molar-refractivity contribution in [3.8, 4) is 0 Å². The van der Waals surface area contributed by atoms with Gasteiger partial charge in [-0.2, -0.15) is 0 Å². The summed E-state index contributed by atoms with van der Waals surface area (Å²) < 4.78 is 5.52. The Kier molecular flexibility index (Phi) is 3.04. The van der Waals surface area contributed by atoms with Gasteiger partial charge < -0.3 is 10.1 Å². The second kappa shape index (κ2) is 4.62. The van der Waals surface area contributed by atoms with Crippen LogP contribution in [0.3, 0.4) is 0 Å². The Morgan fingerprint density at radius 2 is 2.05 bits per heavy atom. The number of carbonyl (C=O) groups is 2. The van der Waals surface area contributed by atoms with Gasteiger partial charge in [-0.15, -0.1) is 0 Å². The minimum absolute atomic E-state index is 0.0401. The smallest absolute Gasteiger partial charge is 0.338 e. The Bertz CT molecular complexity index is 565. The summed E-state index contributed by atoms with van der Waals surface area (Å²) in [6.45, 7) is 4.02. The molecule has 0 bridgehead atoms. The Morgan fingerprint density at radius 1 is 1.35 bits per heavy atom. The van der Waals surface area contributed by atoms with Crippen LogP contribution in [0, 0.1) is 11.8 Å². The minimum atomic E-state index is -0.320. The van der Waals surface area contributed by atoms with E-state index < -0.39 is 0 Å². The van der Waals surface area contributed by atoms with Crippen molar-refractivity contribution in [2.45, 2.75) is 38.7 Å². The Morgan fingerprint density at radius 3 is 2.65 bits per heavy atom. The molecule has 2 aliphatic carbocycles. The second-order valence-corrected chi connectivity index (χ2v) is 6.15. The molecule has 0 heterocycles. The molecule has 1 aromatic carbocycles. The number of anilines is 1. The van der Waals surface area contributed by atoms with Crippen LogP contribution < -0.4 is 5.32 Å². The molecule has 1 amide bonds. The minimum Gasteiger partial charge on any atom is -0.455 e. The second-order valence-electron chi connectivity index (χ2n) is 6.15. The van der Waals surface area contributed by atoms with Crippen molar-refractivity contribution >= 4 is 17.6 Å². The van der Waals surface area contributed by atoms with E-state index in [1.807, 2.05) is 6.92 Å². The highest BCUT2D eigenvalue weighted by molar-refractivity contribution is 5.96. The van der Waals surface area contributed by atoms with Crippen LogP contribution in [-0.4, -0.2) is 17.5 Å². The van der Waals surface area contributed by atoms with Crippen molar-refractivity contribution in [1.29, 1.82) is 0 Å². The van der Waals surface area contributed by atoms with Crippen LogP contribution in [0.15, 0.2) is 24.3 Å². The summed E-state index contributed by atoms with van der Waals surface area (Å²) in [5, 5.41) is 2.84. The van der Waals surface area contributed by atoms with Crippen LogP contribution in [0.25, 0.3) is 0 Å². The summed E-state index contributed by atoms with van der Waals surface area (Å²) in [6.07, 6.45) is 2.84. The van der Waals surface area contributed by atoms with Crippen molar-refractivity contribution in [3.05, 3.63) is 29.8 Å². The zero-order valence-corrected chi connectivity index (χ0v) is 11.8. The highest BCUT2D eigenvalue weighted by Gasteiger charge is 2.50. The van der Waals surface area contributed by atoms with Crippen LogP contribution in [-0.2, 0) is 9.53 Å². The molecule has 0 spiro atoms. The summed E-state index contributed by atoms with van der Waals surface area (Å²) in [6, 6.07) is 6.95. The first-order chi connectivity index (χ1) is 9.48. The van der Waals surface area contributed by atoms with E-state index in [9.17, 15) is 9.59 Å². The Balaban J connectivity index is 1.67. The molecule has 20 heavy (non-hydrogen) atoms. The topological polar surface area (TPSA) is 55.4 Å². The number of hydrogen-bond acceptors (Lipinski definition) is 3. The van der Waals surface area contributed by atoms with Crippen molar-refractivity contribution in [2.24, 2.45) is 11.8 Å². The maximum absolute atomic E-state index is 12.1. The number of ether oxygens (including phenoxy) is 1. The molecule has 1 aromatic rings. The molecule has 2 atom stereocenters. The Hall–Kier alpha value is -1.84. The summed E-state index contributed by atoms with van der Waals surface area (Å²) in [4.78, 5) is 23.8. The van der Waals surface area contributed by atoms with E-state index in [1.165, 1.54) is 0 Å². The normalized spacial score (nSPS) is 27.8. The zero-order valence-electron chi connectivity index (χ0n) is 11.8. The molecule has 0 radical (unpaired) electrons. The van der Waals surface area contributed by atoms with Crippen LogP contribution in [0.2, 0.25) is 0 Å². The molecule has 0 aliphatic heterocycles. The van der Waals surface area contributed by atoms with Gasteiger partial charge in [-0.05, 0) is 50.3 Å². The quantitative estimate of drug-likeness (QED) is 0.858. The molecule has 4 nitrogen and oxygen atoms in total. The highest BCUT2D eigenvalue weighted by atomic mass is 16.6. The first kappa shape index (κ1) is 13.2. The number of esters is 1. The number of carbonyl (C=O) groups excluding carboxylic acids is 2. The molecule has 0 saturated heterocycles. The molecule has 1 N–H and O–H groups in total. The van der Waals surface area contributed by atoms with Gasteiger partial charge in [0, 0.05) is 11.6 Å². The molecule has 2 fully saturated rings. The van der Waals surface area contributed by atoms with Gasteiger partial charge in [-0.1, -0.05) is 13.0 Å². The predicted octanol–water partition coefficient (Wildman–Crippen LogP) is 2.99. The monoisotopic (exact) mass is 273 g/mol. The molecule has 106 valence electrons. The van der Waals surface area contributed by atoms with Crippen molar-refractivity contribution in [3.63, 3.8) is 0 Å². The van der Waals surface area contributed by atoms with Gasteiger partial charge in [0.05, 0.1) is 5.56 Å². The van der Waals surface area contributed by atoms with E-state index in [0.717, 1.165) is 19.3 Å². The number of benzene rings is 1. The molecular formula is C16H19NO3. The highest BCUT2D eigenvalue weighted by Crippen LogP contribution is 2.46. The fourth-order valence-electron chi connectivity index (χ4n) is 2.28. The fraction of sp³-hybridized carbons (Fsp3) is 0.500. The van der Waals surface area contributed by atoms with E-state index >= 15 is 0 Å². The average molecular weight is 273 g/mol. The van der Waals surface area contributed by atoms with Gasteiger partial charge in [0.15, 0.2) is 0 Å². The third-order valence-corrected chi connectivity index (χ3v) is 4.23. The van der Waals surface area contributed by atoms with E-state index in [0.29, 0.717) is 17.2 Å². The first-order valence-corrected chi connectivity index (χ1v) is 7.12. The number of amides is 1. The molecule has 2 aliphatic rings. The average Bonchev–Trinajstić information content (AvgIpc) is 3.29. The van der Waals surface area contributed by atoms with Crippen LogP contribution in [0.4, 0.5) is 5.69 Å². The lowest BCUT2D eigenvalue weighted by atomic mass is 10.2. The first-order valence-electron chi connectivity index (χ1n) is 7.12.